The van der Waals surface area contributed by atoms with Crippen molar-refractivity contribution in [1.82, 2.24) is 9.88 Å². The molecule has 0 aliphatic heterocycles. The van der Waals surface area contributed by atoms with Gasteiger partial charge in [0.1, 0.15) is 4.88 Å². The average molecular weight is 291 g/mol. The van der Waals surface area contributed by atoms with Gasteiger partial charge in [0.25, 0.3) is 5.91 Å². The molecule has 0 saturated carbocycles. The van der Waals surface area contributed by atoms with Crippen molar-refractivity contribution in [2.45, 2.75) is 20.8 Å². The smallest absolute Gasteiger partial charge is 0.265 e. The summed E-state index contributed by atoms with van der Waals surface area (Å²) in [6, 6.07) is 0. The Kier molecular flexibility index (Phi) is 4.73. The third-order valence-electron chi connectivity index (χ3n) is 2.12. The molecule has 0 saturated heterocycles. The van der Waals surface area contributed by atoms with Crippen molar-refractivity contribution < 1.29 is 4.79 Å². The summed E-state index contributed by atoms with van der Waals surface area (Å²) < 4.78 is 0. The van der Waals surface area contributed by atoms with Gasteiger partial charge in [-0.2, -0.15) is 0 Å². The maximum atomic E-state index is 12.1. The standard InChI is InChI=1S/C10H15BrN2OS/c1-4-13(6-5-11)10(14)9-7(2)12-8(3)15-9/h4-6H2,1-3H3. The fourth-order valence-electron chi connectivity index (χ4n) is 1.38. The van der Waals surface area contributed by atoms with Gasteiger partial charge in [0.05, 0.1) is 10.7 Å². The van der Waals surface area contributed by atoms with Crippen molar-refractivity contribution in [3.05, 3.63) is 15.6 Å². The zero-order valence-corrected chi connectivity index (χ0v) is 11.6. The molecule has 0 radical (unpaired) electrons. The second-order valence-electron chi connectivity index (χ2n) is 3.22. The number of halogens is 1. The number of nitrogens with zero attached hydrogens (tertiary/aromatic N) is 2. The number of aryl methyl sites for hydroxylation is 2. The molecule has 0 aliphatic carbocycles. The van der Waals surface area contributed by atoms with Gasteiger partial charge in [-0.05, 0) is 20.8 Å². The van der Waals surface area contributed by atoms with Crippen LogP contribution in [0.5, 0.6) is 0 Å². The van der Waals surface area contributed by atoms with Gasteiger partial charge in [0.15, 0.2) is 0 Å². The molecule has 0 bridgehead atoms. The van der Waals surface area contributed by atoms with Gasteiger partial charge in [-0.25, -0.2) is 4.98 Å². The predicted molar refractivity (Wildman–Crippen MR) is 67.0 cm³/mol. The summed E-state index contributed by atoms with van der Waals surface area (Å²) in [6.45, 7) is 7.28. The Balaban J connectivity index is 2.87. The predicted octanol–water partition coefficient (Wildman–Crippen LogP) is 2.62. The summed E-state index contributed by atoms with van der Waals surface area (Å²) in [4.78, 5) is 18.9. The highest BCUT2D eigenvalue weighted by Gasteiger charge is 2.18. The van der Waals surface area contributed by atoms with E-state index in [1.165, 1.54) is 11.3 Å². The van der Waals surface area contributed by atoms with Crippen molar-refractivity contribution in [2.75, 3.05) is 18.4 Å². The fraction of sp³-hybridized carbons (Fsp3) is 0.600. The van der Waals surface area contributed by atoms with Crippen LogP contribution >= 0.6 is 27.3 Å². The first-order chi connectivity index (χ1) is 7.10. The van der Waals surface area contributed by atoms with Crippen LogP contribution in [0.4, 0.5) is 0 Å². The first-order valence-electron chi connectivity index (χ1n) is 4.89. The molecule has 1 aromatic rings. The van der Waals surface area contributed by atoms with Crippen LogP contribution in [0.2, 0.25) is 0 Å². The van der Waals surface area contributed by atoms with Crippen molar-refractivity contribution >= 4 is 33.2 Å². The Labute approximate surface area is 103 Å². The third kappa shape index (κ3) is 3.01. The van der Waals surface area contributed by atoms with E-state index in [2.05, 4.69) is 20.9 Å². The highest BCUT2D eigenvalue weighted by atomic mass is 79.9. The van der Waals surface area contributed by atoms with Gasteiger partial charge in [0.2, 0.25) is 0 Å². The number of amides is 1. The van der Waals surface area contributed by atoms with E-state index in [1.54, 1.807) is 0 Å². The normalized spacial score (nSPS) is 10.4. The fourth-order valence-corrected chi connectivity index (χ4v) is 2.69. The van der Waals surface area contributed by atoms with Crippen LogP contribution in [0.25, 0.3) is 0 Å². The number of aromatic nitrogens is 1. The second-order valence-corrected chi connectivity index (χ2v) is 5.22. The summed E-state index contributed by atoms with van der Waals surface area (Å²) in [6.07, 6.45) is 0. The summed E-state index contributed by atoms with van der Waals surface area (Å²) in [5.74, 6) is 0.0973. The molecule has 0 N–H and O–H groups in total. The zero-order chi connectivity index (χ0) is 11.4. The van der Waals surface area contributed by atoms with Crippen molar-refractivity contribution in [3.8, 4) is 0 Å². The van der Waals surface area contributed by atoms with Crippen molar-refractivity contribution in [1.29, 1.82) is 0 Å². The van der Waals surface area contributed by atoms with Gasteiger partial charge in [-0.3, -0.25) is 4.79 Å². The number of carbonyl (C=O) groups excluding carboxylic acids is 1. The number of carbonyl (C=O) groups is 1. The summed E-state index contributed by atoms with van der Waals surface area (Å²) in [5, 5.41) is 1.76. The SMILES string of the molecule is CCN(CCBr)C(=O)c1sc(C)nc1C. The van der Waals surface area contributed by atoms with Crippen LogP contribution in [0.1, 0.15) is 27.3 Å². The maximum Gasteiger partial charge on any atom is 0.265 e. The van der Waals surface area contributed by atoms with E-state index in [1.807, 2.05) is 25.7 Å². The molecule has 0 unspecified atom stereocenters. The number of hydrogen-bond acceptors (Lipinski definition) is 3. The summed E-state index contributed by atoms with van der Waals surface area (Å²) >= 11 is 4.82. The van der Waals surface area contributed by atoms with Gasteiger partial charge >= 0.3 is 0 Å². The maximum absolute atomic E-state index is 12.1. The molecular weight excluding hydrogens is 276 g/mol. The number of alkyl halides is 1. The molecule has 1 rings (SSSR count). The molecule has 0 spiro atoms. The van der Waals surface area contributed by atoms with E-state index < -0.39 is 0 Å². The van der Waals surface area contributed by atoms with Crippen LogP contribution in [0.3, 0.4) is 0 Å². The van der Waals surface area contributed by atoms with Gasteiger partial charge in [-0.1, -0.05) is 15.9 Å². The summed E-state index contributed by atoms with van der Waals surface area (Å²) in [7, 11) is 0. The molecule has 3 nitrogen and oxygen atoms in total. The Hall–Kier alpha value is -0.420. The van der Waals surface area contributed by atoms with Crippen LogP contribution in [-0.4, -0.2) is 34.2 Å². The second kappa shape index (κ2) is 5.61. The first-order valence-corrected chi connectivity index (χ1v) is 6.83. The van der Waals surface area contributed by atoms with Gasteiger partial charge in [0, 0.05) is 18.4 Å². The Bertz CT molecular complexity index is 351. The average Bonchev–Trinajstić information content (AvgIpc) is 2.53. The number of rotatable bonds is 4. The monoisotopic (exact) mass is 290 g/mol. The molecule has 1 heterocycles. The molecule has 0 aliphatic rings. The molecule has 0 fully saturated rings. The lowest BCUT2D eigenvalue weighted by atomic mass is 10.3. The lowest BCUT2D eigenvalue weighted by Gasteiger charge is -2.18. The van der Waals surface area contributed by atoms with E-state index >= 15 is 0 Å². The zero-order valence-electron chi connectivity index (χ0n) is 9.21. The molecule has 5 heteroatoms. The van der Waals surface area contributed by atoms with E-state index in [4.69, 9.17) is 0 Å². The Morgan fingerprint density at radius 1 is 1.53 bits per heavy atom. The number of thiazole rings is 1. The Morgan fingerprint density at radius 2 is 2.20 bits per heavy atom. The molecule has 0 aromatic carbocycles. The van der Waals surface area contributed by atoms with Crippen molar-refractivity contribution in [3.63, 3.8) is 0 Å². The summed E-state index contributed by atoms with van der Waals surface area (Å²) in [5.41, 5.74) is 0.843. The van der Waals surface area contributed by atoms with E-state index in [9.17, 15) is 4.79 Å². The van der Waals surface area contributed by atoms with Gasteiger partial charge in [-0.15, -0.1) is 11.3 Å². The van der Waals surface area contributed by atoms with Crippen molar-refractivity contribution in [2.24, 2.45) is 0 Å². The quantitative estimate of drug-likeness (QED) is 0.799. The highest BCUT2D eigenvalue weighted by Crippen LogP contribution is 2.19. The molecule has 1 aromatic heterocycles. The van der Waals surface area contributed by atoms with Crippen LogP contribution < -0.4 is 0 Å². The first kappa shape index (κ1) is 12.6. The third-order valence-corrected chi connectivity index (χ3v) is 3.54. The largest absolute Gasteiger partial charge is 0.337 e. The van der Waals surface area contributed by atoms with Gasteiger partial charge < -0.3 is 4.90 Å². The van der Waals surface area contributed by atoms with E-state index in [0.717, 1.165) is 34.0 Å². The minimum Gasteiger partial charge on any atom is -0.337 e. The minimum atomic E-state index is 0.0973. The molecule has 0 atom stereocenters. The number of hydrogen-bond donors (Lipinski definition) is 0. The van der Waals surface area contributed by atoms with Crippen LogP contribution in [-0.2, 0) is 0 Å². The molecule has 84 valence electrons. The lowest BCUT2D eigenvalue weighted by Crippen LogP contribution is -2.32. The van der Waals surface area contributed by atoms with Crippen LogP contribution in [0.15, 0.2) is 0 Å². The van der Waals surface area contributed by atoms with E-state index in [0.29, 0.717) is 0 Å². The Morgan fingerprint density at radius 3 is 2.60 bits per heavy atom. The van der Waals surface area contributed by atoms with Crippen LogP contribution in [0, 0.1) is 13.8 Å². The molecule has 1 amide bonds. The minimum absolute atomic E-state index is 0.0973. The molecule has 15 heavy (non-hydrogen) atoms. The topological polar surface area (TPSA) is 33.2 Å². The molecular formula is C10H15BrN2OS. The van der Waals surface area contributed by atoms with E-state index in [-0.39, 0.29) is 5.91 Å². The lowest BCUT2D eigenvalue weighted by molar-refractivity contribution is 0.0779. The highest BCUT2D eigenvalue weighted by molar-refractivity contribution is 9.09.